The number of hydrogen-bond acceptors (Lipinski definition) is 0. The van der Waals surface area contributed by atoms with Crippen LogP contribution < -0.4 is 0 Å². The first-order valence-electron chi connectivity index (χ1n) is 6.70. The van der Waals surface area contributed by atoms with Crippen molar-refractivity contribution in [2.45, 2.75) is 24.7 Å². The van der Waals surface area contributed by atoms with E-state index in [1.54, 1.807) is 0 Å². The topological polar surface area (TPSA) is 0 Å². The highest BCUT2D eigenvalue weighted by Crippen LogP contribution is 2.36. The fourth-order valence-electron chi connectivity index (χ4n) is 2.83. The minimum absolute atomic E-state index is 0.574. The van der Waals surface area contributed by atoms with E-state index in [2.05, 4.69) is 72.8 Å². The molecule has 0 heterocycles. The zero-order chi connectivity index (χ0) is 12.2. The fourth-order valence-corrected chi connectivity index (χ4v) is 2.83. The van der Waals surface area contributed by atoms with E-state index in [-0.39, 0.29) is 0 Å². The van der Waals surface area contributed by atoms with E-state index in [9.17, 15) is 0 Å². The molecule has 1 aliphatic rings. The van der Waals surface area contributed by atoms with Gasteiger partial charge in [0.05, 0.1) is 0 Å². The molecule has 0 aliphatic heterocycles. The second-order valence-corrected chi connectivity index (χ2v) is 5.02. The highest BCUT2D eigenvalue weighted by Gasteiger charge is 2.20. The van der Waals surface area contributed by atoms with Crippen molar-refractivity contribution in [1.82, 2.24) is 0 Å². The van der Waals surface area contributed by atoms with Crippen molar-refractivity contribution in [2.24, 2.45) is 0 Å². The maximum atomic E-state index is 2.37. The van der Waals surface area contributed by atoms with E-state index >= 15 is 0 Å². The standard InChI is InChI=1S/C18H18/c1-3-8-15(9-4-1)17-12-7-13-18(14-17)16-10-5-2-6-11-16/h1-12,17-18H,13-14H2/t17-,18-/m0/s1. The Morgan fingerprint density at radius 2 is 1.33 bits per heavy atom. The van der Waals surface area contributed by atoms with Gasteiger partial charge in [-0.2, -0.15) is 0 Å². The zero-order valence-corrected chi connectivity index (χ0v) is 10.5. The Hall–Kier alpha value is -1.82. The third kappa shape index (κ3) is 2.38. The van der Waals surface area contributed by atoms with Gasteiger partial charge >= 0.3 is 0 Å². The third-order valence-corrected chi connectivity index (χ3v) is 3.83. The average Bonchev–Trinajstić information content (AvgIpc) is 2.49. The van der Waals surface area contributed by atoms with Crippen LogP contribution in [0, 0.1) is 0 Å². The van der Waals surface area contributed by atoms with Crippen molar-refractivity contribution in [3.8, 4) is 0 Å². The van der Waals surface area contributed by atoms with Crippen molar-refractivity contribution in [3.63, 3.8) is 0 Å². The van der Waals surface area contributed by atoms with Crippen LogP contribution in [0.4, 0.5) is 0 Å². The molecule has 2 aromatic carbocycles. The monoisotopic (exact) mass is 234 g/mol. The molecule has 0 amide bonds. The van der Waals surface area contributed by atoms with Gasteiger partial charge in [-0.25, -0.2) is 0 Å². The lowest BCUT2D eigenvalue weighted by Gasteiger charge is -2.25. The first-order valence-corrected chi connectivity index (χ1v) is 6.70. The van der Waals surface area contributed by atoms with Crippen LogP contribution in [0.1, 0.15) is 35.8 Å². The third-order valence-electron chi connectivity index (χ3n) is 3.83. The molecule has 0 aromatic heterocycles. The molecular weight excluding hydrogens is 216 g/mol. The van der Waals surface area contributed by atoms with E-state index < -0.39 is 0 Å². The van der Waals surface area contributed by atoms with Crippen LogP contribution in [0.15, 0.2) is 72.8 Å². The summed E-state index contributed by atoms with van der Waals surface area (Å²) in [6.07, 6.45) is 7.12. The van der Waals surface area contributed by atoms with E-state index in [0.29, 0.717) is 11.8 Å². The largest absolute Gasteiger partial charge is 0.0873 e. The van der Waals surface area contributed by atoms with E-state index in [1.807, 2.05) is 0 Å². The highest BCUT2D eigenvalue weighted by atomic mass is 14.2. The van der Waals surface area contributed by atoms with E-state index in [4.69, 9.17) is 0 Å². The summed E-state index contributed by atoms with van der Waals surface area (Å²) in [7, 11) is 0. The first-order chi connectivity index (χ1) is 8.93. The second kappa shape index (κ2) is 5.22. The molecule has 2 aromatic rings. The van der Waals surface area contributed by atoms with Gasteiger partial charge in [-0.15, -0.1) is 0 Å². The van der Waals surface area contributed by atoms with Crippen LogP contribution in [0.25, 0.3) is 0 Å². The van der Waals surface area contributed by atoms with Crippen LogP contribution in [0.2, 0.25) is 0 Å². The lowest BCUT2D eigenvalue weighted by atomic mass is 9.79. The maximum Gasteiger partial charge on any atom is 0.00238 e. The number of rotatable bonds is 2. The molecule has 0 spiro atoms. The van der Waals surface area contributed by atoms with Crippen LogP contribution in [0.5, 0.6) is 0 Å². The molecule has 3 rings (SSSR count). The molecule has 0 bridgehead atoms. The van der Waals surface area contributed by atoms with Crippen molar-refractivity contribution >= 4 is 0 Å². The molecule has 0 radical (unpaired) electrons. The van der Waals surface area contributed by atoms with E-state index in [0.717, 1.165) is 0 Å². The van der Waals surface area contributed by atoms with Gasteiger partial charge in [0, 0.05) is 5.92 Å². The molecule has 2 atom stereocenters. The minimum atomic E-state index is 0.574. The Balaban J connectivity index is 1.81. The molecule has 90 valence electrons. The van der Waals surface area contributed by atoms with Crippen LogP contribution >= 0.6 is 0 Å². The summed E-state index contributed by atoms with van der Waals surface area (Å²) in [6.45, 7) is 0. The van der Waals surface area contributed by atoms with Gasteiger partial charge in [0.25, 0.3) is 0 Å². The van der Waals surface area contributed by atoms with Gasteiger partial charge in [-0.3, -0.25) is 0 Å². The Labute approximate surface area is 109 Å². The predicted molar refractivity (Wildman–Crippen MR) is 76.7 cm³/mol. The SMILES string of the molecule is C1=C[C@H](c2ccccc2)C[C@@H](c2ccccc2)C1. The summed E-state index contributed by atoms with van der Waals surface area (Å²) in [5.41, 5.74) is 2.91. The normalized spacial score (nSPS) is 22.9. The zero-order valence-electron chi connectivity index (χ0n) is 10.5. The first kappa shape index (κ1) is 11.3. The molecule has 0 saturated heterocycles. The number of benzene rings is 2. The average molecular weight is 234 g/mol. The van der Waals surface area contributed by atoms with E-state index in [1.165, 1.54) is 24.0 Å². The Morgan fingerprint density at radius 1 is 0.722 bits per heavy atom. The summed E-state index contributed by atoms with van der Waals surface area (Å²) >= 11 is 0. The van der Waals surface area contributed by atoms with Crippen molar-refractivity contribution in [2.75, 3.05) is 0 Å². The van der Waals surface area contributed by atoms with Gasteiger partial charge < -0.3 is 0 Å². The van der Waals surface area contributed by atoms with Gasteiger partial charge in [-0.1, -0.05) is 72.8 Å². The van der Waals surface area contributed by atoms with Crippen LogP contribution in [-0.2, 0) is 0 Å². The fraction of sp³-hybridized carbons (Fsp3) is 0.222. The maximum absolute atomic E-state index is 2.37. The Morgan fingerprint density at radius 3 is 2.00 bits per heavy atom. The molecule has 0 N–H and O–H groups in total. The predicted octanol–water partition coefficient (Wildman–Crippen LogP) is 4.90. The summed E-state index contributed by atoms with van der Waals surface area (Å²) < 4.78 is 0. The summed E-state index contributed by atoms with van der Waals surface area (Å²) in [6, 6.07) is 21.7. The molecular formula is C18H18. The summed E-state index contributed by atoms with van der Waals surface area (Å²) in [5, 5.41) is 0. The minimum Gasteiger partial charge on any atom is -0.0873 e. The number of allylic oxidation sites excluding steroid dienone is 2. The van der Waals surface area contributed by atoms with Gasteiger partial charge in [-0.05, 0) is 29.9 Å². The summed E-state index contributed by atoms with van der Waals surface area (Å²) in [4.78, 5) is 0. The lowest BCUT2D eigenvalue weighted by Crippen LogP contribution is -2.08. The molecule has 0 nitrogen and oxygen atoms in total. The highest BCUT2D eigenvalue weighted by molar-refractivity contribution is 5.29. The molecule has 0 fully saturated rings. The summed E-state index contributed by atoms with van der Waals surface area (Å²) in [5.74, 6) is 1.24. The van der Waals surface area contributed by atoms with Gasteiger partial charge in [0.1, 0.15) is 0 Å². The lowest BCUT2D eigenvalue weighted by molar-refractivity contribution is 0.566. The van der Waals surface area contributed by atoms with Crippen molar-refractivity contribution < 1.29 is 0 Å². The van der Waals surface area contributed by atoms with Crippen LogP contribution in [-0.4, -0.2) is 0 Å². The molecule has 18 heavy (non-hydrogen) atoms. The molecule has 0 saturated carbocycles. The molecule has 0 heteroatoms. The quantitative estimate of drug-likeness (QED) is 0.648. The Kier molecular flexibility index (Phi) is 3.27. The number of hydrogen-bond donors (Lipinski definition) is 0. The molecule has 1 aliphatic carbocycles. The van der Waals surface area contributed by atoms with Crippen molar-refractivity contribution in [3.05, 3.63) is 83.9 Å². The van der Waals surface area contributed by atoms with Crippen LogP contribution in [0.3, 0.4) is 0 Å². The Bertz CT molecular complexity index is 510. The van der Waals surface area contributed by atoms with Gasteiger partial charge in [0.15, 0.2) is 0 Å². The second-order valence-electron chi connectivity index (χ2n) is 5.02. The van der Waals surface area contributed by atoms with Gasteiger partial charge in [0.2, 0.25) is 0 Å². The smallest absolute Gasteiger partial charge is 0.00238 e. The van der Waals surface area contributed by atoms with Crippen molar-refractivity contribution in [1.29, 1.82) is 0 Å². The molecule has 0 unspecified atom stereocenters.